The number of nitrogens with one attached hydrogen (secondary N) is 1. The van der Waals surface area contributed by atoms with Crippen LogP contribution in [0.4, 0.5) is 4.39 Å². The van der Waals surface area contributed by atoms with Crippen LogP contribution in [0.15, 0.2) is 23.6 Å². The Hall–Kier alpha value is -1.26. The summed E-state index contributed by atoms with van der Waals surface area (Å²) in [6, 6.07) is 5.20. The highest BCUT2D eigenvalue weighted by atomic mass is 32.1. The molecule has 0 saturated carbocycles. The van der Waals surface area contributed by atoms with Crippen molar-refractivity contribution in [2.24, 2.45) is 0 Å². The summed E-state index contributed by atoms with van der Waals surface area (Å²) in [5.41, 5.74) is 2.94. The van der Waals surface area contributed by atoms with E-state index in [1.54, 1.807) is 17.4 Å². The molecule has 1 aromatic carbocycles. The Balaban J connectivity index is 2.23. The third-order valence-electron chi connectivity index (χ3n) is 3.57. The monoisotopic (exact) mass is 306 g/mol. The molecule has 2 nitrogen and oxygen atoms in total. The molecule has 2 aromatic rings. The SMILES string of the molecule is CNC(Cc1nc(C(C)(C)C)cs1)c1cc(C)ccc1F. The summed E-state index contributed by atoms with van der Waals surface area (Å²) >= 11 is 1.65. The average molecular weight is 306 g/mol. The Morgan fingerprint density at radius 1 is 1.33 bits per heavy atom. The number of halogens is 1. The van der Waals surface area contributed by atoms with Crippen molar-refractivity contribution in [3.05, 3.63) is 51.2 Å². The van der Waals surface area contributed by atoms with Crippen molar-refractivity contribution >= 4 is 11.3 Å². The molecule has 114 valence electrons. The predicted octanol–water partition coefficient (Wildman–Crippen LogP) is 4.39. The van der Waals surface area contributed by atoms with E-state index in [4.69, 9.17) is 4.98 Å². The maximum atomic E-state index is 14.0. The number of hydrogen-bond donors (Lipinski definition) is 1. The molecule has 4 heteroatoms. The lowest BCUT2D eigenvalue weighted by atomic mass is 9.93. The number of aromatic nitrogens is 1. The van der Waals surface area contributed by atoms with Crippen molar-refractivity contribution in [2.45, 2.75) is 45.6 Å². The number of benzene rings is 1. The van der Waals surface area contributed by atoms with E-state index in [0.717, 1.165) is 16.3 Å². The van der Waals surface area contributed by atoms with Gasteiger partial charge in [-0.25, -0.2) is 9.37 Å². The van der Waals surface area contributed by atoms with Crippen molar-refractivity contribution in [3.8, 4) is 0 Å². The summed E-state index contributed by atoms with van der Waals surface area (Å²) in [6.07, 6.45) is 0.706. The first-order chi connectivity index (χ1) is 9.81. The van der Waals surface area contributed by atoms with Gasteiger partial charge in [0.25, 0.3) is 0 Å². The fourth-order valence-corrected chi connectivity index (χ4v) is 3.29. The average Bonchev–Trinajstić information content (AvgIpc) is 2.87. The Morgan fingerprint density at radius 3 is 2.62 bits per heavy atom. The first-order valence-corrected chi connectivity index (χ1v) is 8.07. The molecule has 0 aliphatic rings. The number of rotatable bonds is 4. The molecule has 0 aliphatic heterocycles. The molecule has 0 aliphatic carbocycles. The molecular formula is C17H23FN2S. The van der Waals surface area contributed by atoms with Gasteiger partial charge in [0.15, 0.2) is 0 Å². The van der Waals surface area contributed by atoms with Crippen molar-refractivity contribution < 1.29 is 4.39 Å². The Bertz CT molecular complexity index is 613. The molecule has 0 bridgehead atoms. The van der Waals surface area contributed by atoms with E-state index in [2.05, 4.69) is 31.5 Å². The molecule has 0 saturated heterocycles. The van der Waals surface area contributed by atoms with E-state index >= 15 is 0 Å². The second kappa shape index (κ2) is 6.24. The molecule has 0 fully saturated rings. The predicted molar refractivity (Wildman–Crippen MR) is 87.5 cm³/mol. The molecular weight excluding hydrogens is 283 g/mol. The third kappa shape index (κ3) is 3.89. The Labute approximate surface area is 130 Å². The van der Waals surface area contributed by atoms with Gasteiger partial charge in [0.1, 0.15) is 5.82 Å². The topological polar surface area (TPSA) is 24.9 Å². The van der Waals surface area contributed by atoms with Gasteiger partial charge < -0.3 is 5.32 Å². The minimum Gasteiger partial charge on any atom is -0.313 e. The van der Waals surface area contributed by atoms with Crippen LogP contribution in [0.3, 0.4) is 0 Å². The summed E-state index contributed by atoms with van der Waals surface area (Å²) in [7, 11) is 1.87. The van der Waals surface area contributed by atoms with Crippen LogP contribution in [0.5, 0.6) is 0 Å². The van der Waals surface area contributed by atoms with Gasteiger partial charge in [0, 0.05) is 28.8 Å². The lowest BCUT2D eigenvalue weighted by Gasteiger charge is -2.17. The second-order valence-corrected chi connectivity index (χ2v) is 7.39. The molecule has 0 radical (unpaired) electrons. The van der Waals surface area contributed by atoms with Gasteiger partial charge in [0.05, 0.1) is 10.7 Å². The number of hydrogen-bond acceptors (Lipinski definition) is 3. The van der Waals surface area contributed by atoms with Crippen molar-refractivity contribution in [2.75, 3.05) is 7.05 Å². The summed E-state index contributed by atoms with van der Waals surface area (Å²) in [5.74, 6) is -0.160. The van der Waals surface area contributed by atoms with Crippen molar-refractivity contribution in [1.82, 2.24) is 10.3 Å². The lowest BCUT2D eigenvalue weighted by molar-refractivity contribution is 0.528. The van der Waals surface area contributed by atoms with E-state index in [9.17, 15) is 4.39 Å². The maximum Gasteiger partial charge on any atom is 0.128 e. The molecule has 0 spiro atoms. The summed E-state index contributed by atoms with van der Waals surface area (Å²) in [5, 5.41) is 6.36. The molecule has 1 N–H and O–H groups in total. The van der Waals surface area contributed by atoms with Crippen LogP contribution in [0, 0.1) is 12.7 Å². The zero-order valence-corrected chi connectivity index (χ0v) is 14.1. The molecule has 0 amide bonds. The van der Waals surface area contributed by atoms with Gasteiger partial charge in [-0.05, 0) is 20.0 Å². The zero-order chi connectivity index (χ0) is 15.6. The second-order valence-electron chi connectivity index (χ2n) is 6.45. The summed E-state index contributed by atoms with van der Waals surface area (Å²) in [6.45, 7) is 8.45. The minimum atomic E-state index is -0.160. The quantitative estimate of drug-likeness (QED) is 0.906. The highest BCUT2D eigenvalue weighted by molar-refractivity contribution is 7.09. The molecule has 2 rings (SSSR count). The fourth-order valence-electron chi connectivity index (χ4n) is 2.22. The van der Waals surface area contributed by atoms with Crippen molar-refractivity contribution in [3.63, 3.8) is 0 Å². The van der Waals surface area contributed by atoms with E-state index in [1.165, 1.54) is 6.07 Å². The van der Waals surface area contributed by atoms with Crippen LogP contribution in [-0.2, 0) is 11.8 Å². The van der Waals surface area contributed by atoms with Crippen LogP contribution in [0.2, 0.25) is 0 Å². The number of thiazole rings is 1. The van der Waals surface area contributed by atoms with Crippen LogP contribution in [0.25, 0.3) is 0 Å². The van der Waals surface area contributed by atoms with E-state index in [-0.39, 0.29) is 17.3 Å². The van der Waals surface area contributed by atoms with Crippen LogP contribution < -0.4 is 5.32 Å². The van der Waals surface area contributed by atoms with Gasteiger partial charge in [-0.15, -0.1) is 11.3 Å². The highest BCUT2D eigenvalue weighted by Gasteiger charge is 2.20. The third-order valence-corrected chi connectivity index (χ3v) is 4.45. The van der Waals surface area contributed by atoms with E-state index in [1.807, 2.05) is 20.0 Å². The van der Waals surface area contributed by atoms with Crippen LogP contribution in [0.1, 0.15) is 48.6 Å². The smallest absolute Gasteiger partial charge is 0.128 e. The van der Waals surface area contributed by atoms with E-state index in [0.29, 0.717) is 12.0 Å². The van der Waals surface area contributed by atoms with Gasteiger partial charge >= 0.3 is 0 Å². The minimum absolute atomic E-state index is 0.0520. The van der Waals surface area contributed by atoms with Crippen molar-refractivity contribution in [1.29, 1.82) is 0 Å². The Kier molecular flexibility index (Phi) is 4.79. The summed E-state index contributed by atoms with van der Waals surface area (Å²) in [4.78, 5) is 4.70. The van der Waals surface area contributed by atoms with Gasteiger partial charge in [-0.2, -0.15) is 0 Å². The molecule has 1 heterocycles. The first kappa shape index (κ1) is 16.1. The standard InChI is InChI=1S/C17H23FN2S/c1-11-6-7-13(18)12(8-11)14(19-5)9-16-20-15(10-21-16)17(2,3)4/h6-8,10,14,19H,9H2,1-5H3. The number of aryl methyl sites for hydroxylation is 1. The zero-order valence-electron chi connectivity index (χ0n) is 13.3. The van der Waals surface area contributed by atoms with Crippen LogP contribution >= 0.6 is 11.3 Å². The van der Waals surface area contributed by atoms with Gasteiger partial charge in [-0.3, -0.25) is 0 Å². The normalized spacial score (nSPS) is 13.4. The van der Waals surface area contributed by atoms with Crippen LogP contribution in [-0.4, -0.2) is 12.0 Å². The lowest BCUT2D eigenvalue weighted by Crippen LogP contribution is -2.20. The highest BCUT2D eigenvalue weighted by Crippen LogP contribution is 2.27. The fraction of sp³-hybridized carbons (Fsp3) is 0.471. The molecule has 21 heavy (non-hydrogen) atoms. The van der Waals surface area contributed by atoms with E-state index < -0.39 is 0 Å². The first-order valence-electron chi connectivity index (χ1n) is 7.19. The maximum absolute atomic E-state index is 14.0. The largest absolute Gasteiger partial charge is 0.313 e. The summed E-state index contributed by atoms with van der Waals surface area (Å²) < 4.78 is 14.0. The Morgan fingerprint density at radius 2 is 2.05 bits per heavy atom. The molecule has 1 atom stereocenters. The molecule has 1 aromatic heterocycles. The van der Waals surface area contributed by atoms with Gasteiger partial charge in [0.2, 0.25) is 0 Å². The number of likely N-dealkylation sites (N-methyl/N-ethyl adjacent to an activating group) is 1. The number of nitrogens with zero attached hydrogens (tertiary/aromatic N) is 1. The van der Waals surface area contributed by atoms with Gasteiger partial charge in [-0.1, -0.05) is 38.5 Å². The molecule has 1 unspecified atom stereocenters.